The number of hydrogen-bond acceptors (Lipinski definition) is 6. The highest BCUT2D eigenvalue weighted by Crippen LogP contribution is 2.23. The molecule has 4 rings (SSSR count). The number of nitrogens with zero attached hydrogens (tertiary/aromatic N) is 5. The number of benzene rings is 1. The van der Waals surface area contributed by atoms with E-state index in [0.717, 1.165) is 50.9 Å². The molecule has 1 amide bonds. The smallest absolute Gasteiger partial charge is 0.238 e. The van der Waals surface area contributed by atoms with Crippen LogP contribution in [-0.2, 0) is 4.79 Å². The summed E-state index contributed by atoms with van der Waals surface area (Å²) in [4.78, 5) is 28.0. The molecule has 148 valence electrons. The summed E-state index contributed by atoms with van der Waals surface area (Å²) in [5, 5.41) is 3.44. The van der Waals surface area contributed by atoms with Gasteiger partial charge in [0.15, 0.2) is 0 Å². The molecule has 8 heteroatoms. The fourth-order valence-electron chi connectivity index (χ4n) is 3.72. The number of hydrogen-bond donors (Lipinski definition) is 1. The third kappa shape index (κ3) is 4.54. The fraction of sp³-hybridized carbons (Fsp3) is 0.450. The minimum absolute atomic E-state index is 0.0418. The van der Waals surface area contributed by atoms with Gasteiger partial charge in [-0.05, 0) is 25.0 Å². The van der Waals surface area contributed by atoms with E-state index in [-0.39, 0.29) is 5.91 Å². The molecule has 3 heterocycles. The van der Waals surface area contributed by atoms with Crippen molar-refractivity contribution in [2.45, 2.75) is 12.8 Å². The Kier molecular flexibility index (Phi) is 5.92. The van der Waals surface area contributed by atoms with E-state index in [1.54, 1.807) is 12.4 Å². The molecule has 1 aromatic carbocycles. The lowest BCUT2D eigenvalue weighted by Crippen LogP contribution is -2.49. The molecule has 2 aliphatic rings. The lowest BCUT2D eigenvalue weighted by Gasteiger charge is -2.35. The van der Waals surface area contributed by atoms with Gasteiger partial charge in [-0.1, -0.05) is 23.7 Å². The highest BCUT2D eigenvalue weighted by Gasteiger charge is 2.21. The Morgan fingerprint density at radius 1 is 0.964 bits per heavy atom. The summed E-state index contributed by atoms with van der Waals surface area (Å²) in [7, 11) is 0. The van der Waals surface area contributed by atoms with E-state index in [1.807, 2.05) is 18.2 Å². The van der Waals surface area contributed by atoms with E-state index in [4.69, 9.17) is 11.6 Å². The van der Waals surface area contributed by atoms with Gasteiger partial charge in [-0.25, -0.2) is 9.97 Å². The topological polar surface area (TPSA) is 64.6 Å². The molecule has 1 aromatic heterocycles. The first-order chi connectivity index (χ1) is 13.7. The van der Waals surface area contributed by atoms with Crippen LogP contribution < -0.4 is 15.1 Å². The Bertz CT molecular complexity index is 818. The lowest BCUT2D eigenvalue weighted by molar-refractivity contribution is -0.117. The van der Waals surface area contributed by atoms with Crippen molar-refractivity contribution in [2.75, 3.05) is 60.9 Å². The SMILES string of the molecule is O=C(CN1CCN(c2cc(N3CCCC3)ncn2)CC1)Nc1ccccc1Cl. The van der Waals surface area contributed by atoms with Gasteiger partial charge in [-0.2, -0.15) is 0 Å². The molecule has 0 radical (unpaired) electrons. The lowest BCUT2D eigenvalue weighted by atomic mass is 10.3. The second kappa shape index (κ2) is 8.75. The van der Waals surface area contributed by atoms with Crippen LogP contribution in [0.25, 0.3) is 0 Å². The molecule has 7 nitrogen and oxygen atoms in total. The van der Waals surface area contributed by atoms with Crippen LogP contribution in [-0.4, -0.2) is 66.6 Å². The fourth-order valence-corrected chi connectivity index (χ4v) is 3.90. The molecule has 0 aliphatic carbocycles. The molecule has 0 atom stereocenters. The first kappa shape index (κ1) is 19.0. The molecule has 0 unspecified atom stereocenters. The number of amides is 1. The molecule has 0 spiro atoms. The normalized spacial score (nSPS) is 17.8. The summed E-state index contributed by atoms with van der Waals surface area (Å²) in [5.74, 6) is 1.95. The minimum atomic E-state index is -0.0418. The Balaban J connectivity index is 1.29. The zero-order valence-corrected chi connectivity index (χ0v) is 16.6. The third-order valence-corrected chi connectivity index (χ3v) is 5.61. The molecule has 0 bridgehead atoms. The number of piperazine rings is 1. The maximum absolute atomic E-state index is 12.3. The van der Waals surface area contributed by atoms with Crippen molar-refractivity contribution < 1.29 is 4.79 Å². The monoisotopic (exact) mass is 400 g/mol. The predicted molar refractivity (Wildman–Crippen MR) is 112 cm³/mol. The molecular weight excluding hydrogens is 376 g/mol. The summed E-state index contributed by atoms with van der Waals surface area (Å²) in [6.45, 7) is 5.83. The van der Waals surface area contributed by atoms with Crippen molar-refractivity contribution in [3.05, 3.63) is 41.7 Å². The van der Waals surface area contributed by atoms with Gasteiger partial charge in [-0.15, -0.1) is 0 Å². The van der Waals surface area contributed by atoms with Crippen LogP contribution >= 0.6 is 11.6 Å². The van der Waals surface area contributed by atoms with E-state index in [1.165, 1.54) is 12.8 Å². The average molecular weight is 401 g/mol. The van der Waals surface area contributed by atoms with Gasteiger partial charge < -0.3 is 15.1 Å². The molecular formula is C20H25ClN6O. The molecule has 2 fully saturated rings. The number of nitrogens with one attached hydrogen (secondary N) is 1. The minimum Gasteiger partial charge on any atom is -0.356 e. The van der Waals surface area contributed by atoms with Gasteiger partial charge in [-0.3, -0.25) is 9.69 Å². The van der Waals surface area contributed by atoms with Crippen LogP contribution in [0.5, 0.6) is 0 Å². The highest BCUT2D eigenvalue weighted by atomic mass is 35.5. The number of carbonyl (C=O) groups excluding carboxylic acids is 1. The second-order valence-electron chi connectivity index (χ2n) is 7.22. The van der Waals surface area contributed by atoms with Crippen LogP contribution in [0, 0.1) is 0 Å². The molecule has 1 N–H and O–H groups in total. The number of para-hydroxylation sites is 1. The quantitative estimate of drug-likeness (QED) is 0.831. The van der Waals surface area contributed by atoms with Crippen molar-refractivity contribution in [1.82, 2.24) is 14.9 Å². The van der Waals surface area contributed by atoms with Crippen molar-refractivity contribution in [3.8, 4) is 0 Å². The number of carbonyl (C=O) groups is 1. The molecule has 2 aliphatic heterocycles. The maximum Gasteiger partial charge on any atom is 0.238 e. The average Bonchev–Trinajstić information content (AvgIpc) is 3.25. The maximum atomic E-state index is 12.3. The Morgan fingerprint density at radius 2 is 1.61 bits per heavy atom. The van der Waals surface area contributed by atoms with Crippen LogP contribution in [0.4, 0.5) is 17.3 Å². The van der Waals surface area contributed by atoms with Crippen LogP contribution in [0.3, 0.4) is 0 Å². The first-order valence-corrected chi connectivity index (χ1v) is 10.2. The van der Waals surface area contributed by atoms with Crippen molar-refractivity contribution in [1.29, 1.82) is 0 Å². The van der Waals surface area contributed by atoms with E-state index in [0.29, 0.717) is 17.3 Å². The summed E-state index contributed by atoms with van der Waals surface area (Å²) < 4.78 is 0. The summed E-state index contributed by atoms with van der Waals surface area (Å²) in [6.07, 6.45) is 4.12. The van der Waals surface area contributed by atoms with E-state index < -0.39 is 0 Å². The highest BCUT2D eigenvalue weighted by molar-refractivity contribution is 6.33. The van der Waals surface area contributed by atoms with Gasteiger partial charge >= 0.3 is 0 Å². The third-order valence-electron chi connectivity index (χ3n) is 5.28. The standard InChI is InChI=1S/C20H25ClN6O/c21-16-5-1-2-6-17(16)24-20(28)14-25-9-11-27(12-10-25)19-13-18(22-15-23-19)26-7-3-4-8-26/h1-2,5-6,13,15H,3-4,7-12,14H2,(H,24,28). The number of anilines is 3. The molecule has 28 heavy (non-hydrogen) atoms. The van der Waals surface area contributed by atoms with E-state index >= 15 is 0 Å². The zero-order chi connectivity index (χ0) is 19.3. The summed E-state index contributed by atoms with van der Waals surface area (Å²) >= 11 is 6.11. The first-order valence-electron chi connectivity index (χ1n) is 9.78. The van der Waals surface area contributed by atoms with Crippen molar-refractivity contribution in [3.63, 3.8) is 0 Å². The van der Waals surface area contributed by atoms with Crippen molar-refractivity contribution >= 4 is 34.8 Å². The van der Waals surface area contributed by atoms with Gasteiger partial charge in [0, 0.05) is 45.3 Å². The molecule has 0 saturated carbocycles. The molecule has 2 saturated heterocycles. The van der Waals surface area contributed by atoms with Crippen molar-refractivity contribution in [2.24, 2.45) is 0 Å². The second-order valence-corrected chi connectivity index (χ2v) is 7.63. The van der Waals surface area contributed by atoms with E-state index in [2.05, 4.69) is 36.1 Å². The van der Waals surface area contributed by atoms with Crippen LogP contribution in [0.15, 0.2) is 36.7 Å². The molecule has 2 aromatic rings. The Morgan fingerprint density at radius 3 is 2.29 bits per heavy atom. The number of rotatable bonds is 5. The largest absolute Gasteiger partial charge is 0.356 e. The van der Waals surface area contributed by atoms with Gasteiger partial charge in [0.25, 0.3) is 0 Å². The predicted octanol–water partition coefficient (Wildman–Crippen LogP) is 2.49. The van der Waals surface area contributed by atoms with Gasteiger partial charge in [0.2, 0.25) is 5.91 Å². The summed E-state index contributed by atoms with van der Waals surface area (Å²) in [5.41, 5.74) is 0.656. The van der Waals surface area contributed by atoms with Gasteiger partial charge in [0.05, 0.1) is 17.3 Å². The zero-order valence-electron chi connectivity index (χ0n) is 15.9. The van der Waals surface area contributed by atoms with E-state index in [9.17, 15) is 4.79 Å². The number of aromatic nitrogens is 2. The number of halogens is 1. The van der Waals surface area contributed by atoms with Crippen LogP contribution in [0.2, 0.25) is 5.02 Å². The van der Waals surface area contributed by atoms with Crippen LogP contribution in [0.1, 0.15) is 12.8 Å². The Hall–Kier alpha value is -2.38. The van der Waals surface area contributed by atoms with Gasteiger partial charge in [0.1, 0.15) is 18.0 Å². The summed E-state index contributed by atoms with van der Waals surface area (Å²) in [6, 6.07) is 9.38. The Labute approximate surface area is 170 Å².